The third-order valence-electron chi connectivity index (χ3n) is 3.64. The number of carbonyl (C=O) groups is 1. The summed E-state index contributed by atoms with van der Waals surface area (Å²) in [6, 6.07) is 9.76. The zero-order valence-corrected chi connectivity index (χ0v) is 14.1. The van der Waals surface area contributed by atoms with Gasteiger partial charge in [-0.05, 0) is 49.7 Å². The van der Waals surface area contributed by atoms with Crippen LogP contribution in [0.2, 0.25) is 0 Å². The minimum atomic E-state index is -3.24. The average Bonchev–Trinajstić information content (AvgIpc) is 3.06. The SMILES string of the molecule is CCS(=O)(=O)c1ccc(C(=O)N[C@H](C)CCc2ccco2)cc1. The molecule has 1 aromatic carbocycles. The first kappa shape index (κ1) is 17.3. The van der Waals surface area contributed by atoms with Crippen molar-refractivity contribution in [3.8, 4) is 0 Å². The molecule has 0 unspecified atom stereocenters. The van der Waals surface area contributed by atoms with Crippen LogP contribution in [0.25, 0.3) is 0 Å². The van der Waals surface area contributed by atoms with Crippen molar-refractivity contribution in [2.24, 2.45) is 0 Å². The summed E-state index contributed by atoms with van der Waals surface area (Å²) >= 11 is 0. The highest BCUT2D eigenvalue weighted by Gasteiger charge is 2.14. The molecular formula is C17H21NO4S. The highest BCUT2D eigenvalue weighted by Crippen LogP contribution is 2.13. The molecular weight excluding hydrogens is 314 g/mol. The molecule has 6 heteroatoms. The van der Waals surface area contributed by atoms with Gasteiger partial charge in [0.1, 0.15) is 5.76 Å². The fraction of sp³-hybridized carbons (Fsp3) is 0.353. The number of carbonyl (C=O) groups excluding carboxylic acids is 1. The smallest absolute Gasteiger partial charge is 0.251 e. The van der Waals surface area contributed by atoms with Gasteiger partial charge in [-0.25, -0.2) is 8.42 Å². The van der Waals surface area contributed by atoms with E-state index in [9.17, 15) is 13.2 Å². The summed E-state index contributed by atoms with van der Waals surface area (Å²) in [5.41, 5.74) is 0.449. The summed E-state index contributed by atoms with van der Waals surface area (Å²) < 4.78 is 28.8. The molecule has 1 atom stereocenters. The Hall–Kier alpha value is -2.08. The van der Waals surface area contributed by atoms with Crippen molar-refractivity contribution < 1.29 is 17.6 Å². The number of benzene rings is 1. The van der Waals surface area contributed by atoms with Gasteiger partial charge in [-0.3, -0.25) is 4.79 Å². The fourth-order valence-electron chi connectivity index (χ4n) is 2.17. The summed E-state index contributed by atoms with van der Waals surface area (Å²) in [5.74, 6) is 0.722. The van der Waals surface area contributed by atoms with E-state index in [1.165, 1.54) is 24.3 Å². The maximum Gasteiger partial charge on any atom is 0.251 e. The summed E-state index contributed by atoms with van der Waals surface area (Å²) in [7, 11) is -3.24. The number of aryl methyl sites for hydroxylation is 1. The van der Waals surface area contributed by atoms with Gasteiger partial charge >= 0.3 is 0 Å². The Balaban J connectivity index is 1.92. The lowest BCUT2D eigenvalue weighted by Gasteiger charge is -2.13. The number of sulfone groups is 1. The van der Waals surface area contributed by atoms with Gasteiger partial charge < -0.3 is 9.73 Å². The van der Waals surface area contributed by atoms with E-state index in [1.54, 1.807) is 13.2 Å². The standard InChI is InChI=1S/C17H21NO4S/c1-3-23(20,21)16-10-7-14(8-11-16)17(19)18-13(2)6-9-15-5-4-12-22-15/h4-5,7-8,10-13H,3,6,9H2,1-2H3,(H,18,19)/t13-/m1/s1. The molecule has 0 radical (unpaired) electrons. The van der Waals surface area contributed by atoms with Gasteiger partial charge in [0, 0.05) is 18.0 Å². The second-order valence-electron chi connectivity index (χ2n) is 5.42. The summed E-state index contributed by atoms with van der Waals surface area (Å²) in [4.78, 5) is 12.4. The predicted octanol–water partition coefficient (Wildman–Crippen LogP) is 2.82. The quantitative estimate of drug-likeness (QED) is 0.844. The molecule has 0 fully saturated rings. The normalized spacial score (nSPS) is 12.8. The second-order valence-corrected chi connectivity index (χ2v) is 7.70. The predicted molar refractivity (Wildman–Crippen MR) is 88.1 cm³/mol. The molecule has 0 aliphatic heterocycles. The Morgan fingerprint density at radius 3 is 2.48 bits per heavy atom. The molecule has 1 amide bonds. The van der Waals surface area contributed by atoms with E-state index in [4.69, 9.17) is 4.42 Å². The number of nitrogens with one attached hydrogen (secondary N) is 1. The van der Waals surface area contributed by atoms with Crippen LogP contribution in [0.5, 0.6) is 0 Å². The minimum absolute atomic E-state index is 0.00773. The molecule has 1 heterocycles. The molecule has 0 aliphatic rings. The third kappa shape index (κ3) is 4.69. The zero-order chi connectivity index (χ0) is 16.9. The number of amides is 1. The van der Waals surface area contributed by atoms with E-state index in [1.807, 2.05) is 19.1 Å². The van der Waals surface area contributed by atoms with Crippen LogP contribution in [0.4, 0.5) is 0 Å². The lowest BCUT2D eigenvalue weighted by Crippen LogP contribution is -2.32. The summed E-state index contributed by atoms with van der Waals surface area (Å²) in [6.07, 6.45) is 3.15. The molecule has 2 aromatic rings. The molecule has 0 aliphatic carbocycles. The Morgan fingerprint density at radius 1 is 1.22 bits per heavy atom. The molecule has 0 saturated heterocycles. The Bertz CT molecular complexity index is 733. The molecule has 0 saturated carbocycles. The first-order chi connectivity index (χ1) is 10.9. The maximum absolute atomic E-state index is 12.2. The number of furan rings is 1. The summed E-state index contributed by atoms with van der Waals surface area (Å²) in [6.45, 7) is 3.52. The molecule has 2 rings (SSSR count). The number of hydrogen-bond acceptors (Lipinski definition) is 4. The maximum atomic E-state index is 12.2. The topological polar surface area (TPSA) is 76.4 Å². The van der Waals surface area contributed by atoms with Crippen LogP contribution in [0.3, 0.4) is 0 Å². The van der Waals surface area contributed by atoms with Crippen molar-refractivity contribution in [1.82, 2.24) is 5.32 Å². The lowest BCUT2D eigenvalue weighted by atomic mass is 10.1. The minimum Gasteiger partial charge on any atom is -0.469 e. The van der Waals surface area contributed by atoms with Crippen LogP contribution >= 0.6 is 0 Å². The molecule has 1 aromatic heterocycles. The van der Waals surface area contributed by atoms with Crippen molar-refractivity contribution in [2.75, 3.05) is 5.75 Å². The van der Waals surface area contributed by atoms with Gasteiger partial charge in [0.2, 0.25) is 0 Å². The molecule has 1 N–H and O–H groups in total. The fourth-order valence-corrected chi connectivity index (χ4v) is 3.06. The van der Waals surface area contributed by atoms with Gasteiger partial charge in [0.05, 0.1) is 16.9 Å². The zero-order valence-electron chi connectivity index (χ0n) is 13.3. The Labute approximate surface area is 136 Å². The van der Waals surface area contributed by atoms with Gasteiger partial charge in [-0.1, -0.05) is 6.92 Å². The largest absolute Gasteiger partial charge is 0.469 e. The van der Waals surface area contributed by atoms with Gasteiger partial charge in [-0.2, -0.15) is 0 Å². The lowest BCUT2D eigenvalue weighted by molar-refractivity contribution is 0.0938. The Morgan fingerprint density at radius 2 is 1.91 bits per heavy atom. The average molecular weight is 335 g/mol. The molecule has 0 bridgehead atoms. The van der Waals surface area contributed by atoms with Gasteiger partial charge in [-0.15, -0.1) is 0 Å². The number of rotatable bonds is 7. The van der Waals surface area contributed by atoms with Crippen molar-refractivity contribution in [3.05, 3.63) is 54.0 Å². The monoisotopic (exact) mass is 335 g/mol. The van der Waals surface area contributed by atoms with Crippen LogP contribution in [-0.4, -0.2) is 26.1 Å². The van der Waals surface area contributed by atoms with E-state index in [2.05, 4.69) is 5.32 Å². The van der Waals surface area contributed by atoms with E-state index >= 15 is 0 Å². The van der Waals surface area contributed by atoms with E-state index in [0.717, 1.165) is 18.6 Å². The van der Waals surface area contributed by atoms with Crippen molar-refractivity contribution >= 4 is 15.7 Å². The highest BCUT2D eigenvalue weighted by atomic mass is 32.2. The van der Waals surface area contributed by atoms with Crippen LogP contribution in [0.15, 0.2) is 52.0 Å². The first-order valence-electron chi connectivity index (χ1n) is 7.58. The van der Waals surface area contributed by atoms with Crippen LogP contribution < -0.4 is 5.32 Å². The first-order valence-corrected chi connectivity index (χ1v) is 9.23. The van der Waals surface area contributed by atoms with E-state index in [-0.39, 0.29) is 22.6 Å². The number of hydrogen-bond donors (Lipinski definition) is 1. The van der Waals surface area contributed by atoms with Crippen molar-refractivity contribution in [3.63, 3.8) is 0 Å². The molecule has 0 spiro atoms. The molecule has 23 heavy (non-hydrogen) atoms. The van der Waals surface area contributed by atoms with Crippen LogP contribution in [-0.2, 0) is 16.3 Å². The summed E-state index contributed by atoms with van der Waals surface area (Å²) in [5, 5.41) is 2.90. The van der Waals surface area contributed by atoms with Crippen LogP contribution in [0.1, 0.15) is 36.4 Å². The van der Waals surface area contributed by atoms with Gasteiger partial charge in [0.25, 0.3) is 5.91 Å². The Kier molecular flexibility index (Phi) is 5.60. The molecule has 124 valence electrons. The van der Waals surface area contributed by atoms with Crippen molar-refractivity contribution in [2.45, 2.75) is 37.6 Å². The second kappa shape index (κ2) is 7.46. The highest BCUT2D eigenvalue weighted by molar-refractivity contribution is 7.91. The van der Waals surface area contributed by atoms with E-state index < -0.39 is 9.84 Å². The van der Waals surface area contributed by atoms with Gasteiger partial charge in [0.15, 0.2) is 9.84 Å². The molecule has 5 nitrogen and oxygen atoms in total. The van der Waals surface area contributed by atoms with Crippen molar-refractivity contribution in [1.29, 1.82) is 0 Å². The van der Waals surface area contributed by atoms with E-state index in [0.29, 0.717) is 5.56 Å². The third-order valence-corrected chi connectivity index (χ3v) is 5.39. The van der Waals surface area contributed by atoms with Crippen LogP contribution in [0, 0.1) is 0 Å².